The smallest absolute Gasteiger partial charge is 0.270 e. The number of carbonyl (C=O) groups excluding carboxylic acids is 1. The largest absolute Gasteiger partial charge is 0.306 e. The number of anilines is 1. The lowest BCUT2D eigenvalue weighted by molar-refractivity contribution is -0.384. The second-order valence-corrected chi connectivity index (χ2v) is 7.03. The number of fused-ring (bicyclic) bond motifs is 1. The molecule has 0 saturated heterocycles. The summed E-state index contributed by atoms with van der Waals surface area (Å²) in [5, 5.41) is 15.4. The number of hydrogen-bond acceptors (Lipinski definition) is 5. The molecule has 140 valence electrons. The number of halogens is 2. The highest BCUT2D eigenvalue weighted by Gasteiger charge is 2.20. The molecule has 10 heteroatoms. The van der Waals surface area contributed by atoms with Gasteiger partial charge in [-0.3, -0.25) is 19.3 Å². The number of hydrogen-bond donors (Lipinski definition) is 1. The van der Waals surface area contributed by atoms with Crippen LogP contribution in [0, 0.1) is 15.9 Å². The third-order valence-corrected chi connectivity index (χ3v) is 5.09. The van der Waals surface area contributed by atoms with Gasteiger partial charge in [0.2, 0.25) is 0 Å². The first-order valence-electron chi connectivity index (χ1n) is 7.91. The Labute approximate surface area is 166 Å². The molecule has 0 spiro atoms. The van der Waals surface area contributed by atoms with E-state index in [0.717, 1.165) is 6.07 Å². The number of nitro groups is 1. The molecule has 0 aliphatic carbocycles. The van der Waals surface area contributed by atoms with E-state index in [4.69, 9.17) is 11.6 Å². The van der Waals surface area contributed by atoms with Crippen LogP contribution in [0.3, 0.4) is 0 Å². The van der Waals surface area contributed by atoms with Crippen molar-refractivity contribution in [3.8, 4) is 11.3 Å². The van der Waals surface area contributed by atoms with Gasteiger partial charge in [-0.15, -0.1) is 11.3 Å². The Morgan fingerprint density at radius 2 is 2.00 bits per heavy atom. The van der Waals surface area contributed by atoms with E-state index in [1.165, 1.54) is 35.6 Å². The van der Waals surface area contributed by atoms with Gasteiger partial charge in [0.1, 0.15) is 17.3 Å². The molecular weight excluding hydrogens is 407 g/mol. The van der Waals surface area contributed by atoms with Crippen molar-refractivity contribution < 1.29 is 14.1 Å². The number of nitrogens with zero attached hydrogens (tertiary/aromatic N) is 3. The van der Waals surface area contributed by atoms with Crippen molar-refractivity contribution in [1.82, 2.24) is 9.38 Å². The first kappa shape index (κ1) is 18.1. The Bertz CT molecular complexity index is 1220. The SMILES string of the molecule is O=C(Nc1c(-c2ccc(F)cc2)nc2sccn12)c1ccc([N+](=O)[O-])cc1Cl. The molecule has 4 rings (SSSR count). The molecular formula is C18H10ClFN4O3S. The minimum atomic E-state index is -0.591. The van der Waals surface area contributed by atoms with E-state index < -0.39 is 10.8 Å². The van der Waals surface area contributed by atoms with Crippen molar-refractivity contribution in [3.63, 3.8) is 0 Å². The minimum absolute atomic E-state index is 0.0406. The highest BCUT2D eigenvalue weighted by molar-refractivity contribution is 7.15. The number of aromatic nitrogens is 2. The first-order valence-corrected chi connectivity index (χ1v) is 9.16. The maximum atomic E-state index is 13.3. The quantitative estimate of drug-likeness (QED) is 0.374. The summed E-state index contributed by atoms with van der Waals surface area (Å²) in [5.41, 5.74) is 0.973. The highest BCUT2D eigenvalue weighted by Crippen LogP contribution is 2.32. The maximum Gasteiger partial charge on any atom is 0.270 e. The second-order valence-electron chi connectivity index (χ2n) is 5.75. The zero-order chi connectivity index (χ0) is 19.8. The van der Waals surface area contributed by atoms with Crippen LogP contribution in [-0.4, -0.2) is 20.2 Å². The van der Waals surface area contributed by atoms with Gasteiger partial charge in [-0.25, -0.2) is 9.37 Å². The molecule has 0 aliphatic rings. The summed E-state index contributed by atoms with van der Waals surface area (Å²) in [6.45, 7) is 0. The van der Waals surface area contributed by atoms with E-state index >= 15 is 0 Å². The van der Waals surface area contributed by atoms with Crippen LogP contribution in [0.1, 0.15) is 10.4 Å². The lowest BCUT2D eigenvalue weighted by Gasteiger charge is -2.08. The van der Waals surface area contributed by atoms with E-state index in [1.807, 2.05) is 5.38 Å². The van der Waals surface area contributed by atoms with E-state index in [0.29, 0.717) is 22.0 Å². The number of imidazole rings is 1. The topological polar surface area (TPSA) is 89.5 Å². The van der Waals surface area contributed by atoms with E-state index in [-0.39, 0.29) is 22.1 Å². The molecule has 0 radical (unpaired) electrons. The third-order valence-electron chi connectivity index (χ3n) is 4.02. The number of non-ortho nitro benzene ring substituents is 1. The summed E-state index contributed by atoms with van der Waals surface area (Å²) in [6.07, 6.45) is 1.74. The molecule has 0 bridgehead atoms. The maximum absolute atomic E-state index is 13.3. The Kier molecular flexibility index (Phi) is 4.54. The summed E-state index contributed by atoms with van der Waals surface area (Å²) in [5.74, 6) is -0.536. The summed E-state index contributed by atoms with van der Waals surface area (Å²) in [6, 6.07) is 9.36. The van der Waals surface area contributed by atoms with Crippen molar-refractivity contribution in [2.24, 2.45) is 0 Å². The molecule has 28 heavy (non-hydrogen) atoms. The number of thiazole rings is 1. The van der Waals surface area contributed by atoms with Gasteiger partial charge in [0.05, 0.1) is 15.5 Å². The normalized spacial score (nSPS) is 10.9. The standard InChI is InChI=1S/C18H10ClFN4O3S/c19-14-9-12(24(26)27)5-6-13(14)17(25)22-16-15(10-1-3-11(20)4-2-10)21-18-23(16)7-8-28-18/h1-9H,(H,22,25). The molecule has 4 aromatic rings. The van der Waals surface area contributed by atoms with Crippen LogP contribution in [0.25, 0.3) is 16.2 Å². The number of benzene rings is 2. The van der Waals surface area contributed by atoms with Gasteiger partial charge >= 0.3 is 0 Å². The highest BCUT2D eigenvalue weighted by atomic mass is 35.5. The Morgan fingerprint density at radius 1 is 1.25 bits per heavy atom. The van der Waals surface area contributed by atoms with E-state index in [9.17, 15) is 19.3 Å². The van der Waals surface area contributed by atoms with Crippen LogP contribution in [0.2, 0.25) is 5.02 Å². The van der Waals surface area contributed by atoms with Crippen molar-refractivity contribution in [2.75, 3.05) is 5.32 Å². The van der Waals surface area contributed by atoms with Gasteiger partial charge in [-0.1, -0.05) is 11.6 Å². The molecule has 0 atom stereocenters. The van der Waals surface area contributed by atoms with Crippen molar-refractivity contribution in [2.45, 2.75) is 0 Å². The van der Waals surface area contributed by atoms with Gasteiger partial charge in [0.15, 0.2) is 4.96 Å². The number of nitro benzene ring substituents is 1. The number of carbonyl (C=O) groups is 1. The van der Waals surface area contributed by atoms with E-state index in [1.54, 1.807) is 22.7 Å². The summed E-state index contributed by atoms with van der Waals surface area (Å²) < 4.78 is 15.0. The van der Waals surface area contributed by atoms with Crippen LogP contribution in [0.4, 0.5) is 15.9 Å². The monoisotopic (exact) mass is 416 g/mol. The van der Waals surface area contributed by atoms with Gasteiger partial charge < -0.3 is 5.32 Å². The van der Waals surface area contributed by atoms with Crippen LogP contribution >= 0.6 is 22.9 Å². The van der Waals surface area contributed by atoms with Crippen LogP contribution in [-0.2, 0) is 0 Å². The minimum Gasteiger partial charge on any atom is -0.306 e. The number of amides is 1. The fourth-order valence-electron chi connectivity index (χ4n) is 2.69. The molecule has 0 unspecified atom stereocenters. The second kappa shape index (κ2) is 7.02. The van der Waals surface area contributed by atoms with Gasteiger partial charge in [-0.05, 0) is 30.3 Å². The average Bonchev–Trinajstić information content (AvgIpc) is 3.25. The van der Waals surface area contributed by atoms with Crippen molar-refractivity contribution >= 4 is 45.3 Å². The molecule has 7 nitrogen and oxygen atoms in total. The predicted octanol–water partition coefficient (Wildman–Crippen LogP) is 5.02. The molecule has 0 fully saturated rings. The molecule has 1 amide bonds. The molecule has 2 heterocycles. The Balaban J connectivity index is 1.74. The summed E-state index contributed by atoms with van der Waals surface area (Å²) in [4.78, 5) is 28.1. The molecule has 2 aromatic heterocycles. The zero-order valence-electron chi connectivity index (χ0n) is 13.9. The molecule has 0 saturated carbocycles. The lowest BCUT2D eigenvalue weighted by Crippen LogP contribution is -2.14. The summed E-state index contributed by atoms with van der Waals surface area (Å²) in [7, 11) is 0. The Morgan fingerprint density at radius 3 is 2.68 bits per heavy atom. The molecule has 1 N–H and O–H groups in total. The molecule has 0 aliphatic heterocycles. The van der Waals surface area contributed by atoms with Crippen molar-refractivity contribution in [3.05, 3.63) is 80.6 Å². The molecule has 2 aromatic carbocycles. The number of rotatable bonds is 4. The fraction of sp³-hybridized carbons (Fsp3) is 0. The third kappa shape index (κ3) is 3.21. The van der Waals surface area contributed by atoms with Gasteiger partial charge in [-0.2, -0.15) is 0 Å². The van der Waals surface area contributed by atoms with Gasteiger partial charge in [0, 0.05) is 29.3 Å². The average molecular weight is 417 g/mol. The van der Waals surface area contributed by atoms with Crippen LogP contribution in [0.5, 0.6) is 0 Å². The van der Waals surface area contributed by atoms with E-state index in [2.05, 4.69) is 10.3 Å². The predicted molar refractivity (Wildman–Crippen MR) is 105 cm³/mol. The van der Waals surface area contributed by atoms with Gasteiger partial charge in [0.25, 0.3) is 11.6 Å². The first-order chi connectivity index (χ1) is 13.4. The van der Waals surface area contributed by atoms with Crippen molar-refractivity contribution in [1.29, 1.82) is 0 Å². The lowest BCUT2D eigenvalue weighted by atomic mass is 10.1. The Hall–Kier alpha value is -3.30. The summed E-state index contributed by atoms with van der Waals surface area (Å²) >= 11 is 7.43. The van der Waals surface area contributed by atoms with Crippen LogP contribution < -0.4 is 5.32 Å². The zero-order valence-corrected chi connectivity index (χ0v) is 15.5. The number of nitrogens with one attached hydrogen (secondary N) is 1. The van der Waals surface area contributed by atoms with Crippen LogP contribution in [0.15, 0.2) is 54.0 Å². The fourth-order valence-corrected chi connectivity index (χ4v) is 3.67.